The third kappa shape index (κ3) is 2.44. The molecule has 0 spiro atoms. The Labute approximate surface area is 124 Å². The van der Waals surface area contributed by atoms with Crippen LogP contribution in [-0.2, 0) is 4.79 Å². The number of para-hydroxylation sites is 2. The molecule has 0 bridgehead atoms. The molecule has 1 amide bonds. The SMILES string of the molecule is CC(C)C(=O)N1CCCN(C)c2nc3ccccc3nc21. The molecule has 1 aromatic carbocycles. The van der Waals surface area contributed by atoms with E-state index < -0.39 is 0 Å². The zero-order valence-electron chi connectivity index (χ0n) is 12.7. The van der Waals surface area contributed by atoms with Crippen molar-refractivity contribution in [1.29, 1.82) is 0 Å². The Hall–Kier alpha value is -2.17. The van der Waals surface area contributed by atoms with E-state index >= 15 is 0 Å². The second kappa shape index (κ2) is 5.31. The predicted octanol–water partition coefficient (Wildman–Crippen LogP) is 2.46. The highest BCUT2D eigenvalue weighted by Crippen LogP contribution is 2.30. The Balaban J connectivity index is 2.19. The summed E-state index contributed by atoms with van der Waals surface area (Å²) in [5.74, 6) is 1.54. The number of anilines is 2. The van der Waals surface area contributed by atoms with Gasteiger partial charge in [-0.25, -0.2) is 9.97 Å². The molecule has 0 saturated heterocycles. The van der Waals surface area contributed by atoms with Gasteiger partial charge in [-0.05, 0) is 18.6 Å². The zero-order valence-corrected chi connectivity index (χ0v) is 12.7. The van der Waals surface area contributed by atoms with Gasteiger partial charge in [0, 0.05) is 26.1 Å². The van der Waals surface area contributed by atoms with Gasteiger partial charge in [0.25, 0.3) is 0 Å². The molecule has 1 aliphatic heterocycles. The van der Waals surface area contributed by atoms with Crippen LogP contribution in [0.4, 0.5) is 11.6 Å². The van der Waals surface area contributed by atoms with Crippen molar-refractivity contribution in [3.05, 3.63) is 24.3 Å². The summed E-state index contributed by atoms with van der Waals surface area (Å²) in [7, 11) is 2.01. The average molecular weight is 284 g/mol. The standard InChI is InChI=1S/C16H20N4O/c1-11(2)16(21)20-10-6-9-19(3)14-15(20)18-13-8-5-4-7-12(13)17-14/h4-5,7-8,11H,6,9-10H2,1-3H3. The van der Waals surface area contributed by atoms with Crippen molar-refractivity contribution in [1.82, 2.24) is 9.97 Å². The molecule has 1 aliphatic rings. The fourth-order valence-electron chi connectivity index (χ4n) is 2.62. The van der Waals surface area contributed by atoms with E-state index in [-0.39, 0.29) is 11.8 Å². The van der Waals surface area contributed by atoms with Gasteiger partial charge >= 0.3 is 0 Å². The van der Waals surface area contributed by atoms with Crippen molar-refractivity contribution in [3.8, 4) is 0 Å². The van der Waals surface area contributed by atoms with Gasteiger partial charge in [0.1, 0.15) is 0 Å². The number of aromatic nitrogens is 2. The molecule has 0 unspecified atom stereocenters. The first-order chi connectivity index (χ1) is 10.1. The number of amides is 1. The molecule has 0 N–H and O–H groups in total. The summed E-state index contributed by atoms with van der Waals surface area (Å²) in [5.41, 5.74) is 1.69. The average Bonchev–Trinajstić information content (AvgIpc) is 2.64. The lowest BCUT2D eigenvalue weighted by atomic mass is 10.2. The van der Waals surface area contributed by atoms with Crippen LogP contribution in [0.5, 0.6) is 0 Å². The molecule has 1 aromatic heterocycles. The molecule has 2 heterocycles. The monoisotopic (exact) mass is 284 g/mol. The molecule has 0 saturated carbocycles. The second-order valence-corrected chi connectivity index (χ2v) is 5.78. The van der Waals surface area contributed by atoms with Crippen LogP contribution in [0, 0.1) is 5.92 Å². The Morgan fingerprint density at radius 3 is 2.33 bits per heavy atom. The molecule has 3 rings (SSSR count). The van der Waals surface area contributed by atoms with E-state index in [1.54, 1.807) is 4.90 Å². The minimum Gasteiger partial charge on any atom is -0.357 e. The maximum atomic E-state index is 12.5. The summed E-state index contributed by atoms with van der Waals surface area (Å²) in [6, 6.07) is 7.79. The van der Waals surface area contributed by atoms with Crippen LogP contribution in [0.15, 0.2) is 24.3 Å². The Kier molecular flexibility index (Phi) is 3.49. The molecule has 0 radical (unpaired) electrons. The van der Waals surface area contributed by atoms with E-state index in [1.165, 1.54) is 0 Å². The number of rotatable bonds is 1. The quantitative estimate of drug-likeness (QED) is 0.807. The lowest BCUT2D eigenvalue weighted by Crippen LogP contribution is -2.35. The maximum Gasteiger partial charge on any atom is 0.230 e. The van der Waals surface area contributed by atoms with Gasteiger partial charge in [-0.3, -0.25) is 9.69 Å². The molecule has 110 valence electrons. The van der Waals surface area contributed by atoms with Crippen LogP contribution >= 0.6 is 0 Å². The summed E-state index contributed by atoms with van der Waals surface area (Å²) in [4.78, 5) is 25.8. The molecular weight excluding hydrogens is 264 g/mol. The van der Waals surface area contributed by atoms with E-state index in [9.17, 15) is 4.79 Å². The second-order valence-electron chi connectivity index (χ2n) is 5.78. The molecule has 0 atom stereocenters. The van der Waals surface area contributed by atoms with Gasteiger partial charge in [0.15, 0.2) is 11.6 Å². The van der Waals surface area contributed by atoms with Crippen molar-refractivity contribution in [2.75, 3.05) is 29.9 Å². The van der Waals surface area contributed by atoms with Crippen molar-refractivity contribution in [2.45, 2.75) is 20.3 Å². The van der Waals surface area contributed by atoms with Crippen LogP contribution in [0.2, 0.25) is 0 Å². The van der Waals surface area contributed by atoms with Gasteiger partial charge in [-0.2, -0.15) is 0 Å². The number of hydrogen-bond donors (Lipinski definition) is 0. The minimum absolute atomic E-state index is 0.0467. The van der Waals surface area contributed by atoms with E-state index in [4.69, 9.17) is 9.97 Å². The summed E-state index contributed by atoms with van der Waals surface area (Å²) < 4.78 is 0. The Morgan fingerprint density at radius 1 is 1.10 bits per heavy atom. The van der Waals surface area contributed by atoms with Gasteiger partial charge in [0.2, 0.25) is 5.91 Å². The van der Waals surface area contributed by atoms with Crippen LogP contribution in [0.1, 0.15) is 20.3 Å². The first-order valence-electron chi connectivity index (χ1n) is 7.37. The summed E-state index contributed by atoms with van der Waals surface area (Å²) in [6.07, 6.45) is 0.920. The molecule has 2 aromatic rings. The molecule has 21 heavy (non-hydrogen) atoms. The van der Waals surface area contributed by atoms with E-state index in [0.29, 0.717) is 12.4 Å². The summed E-state index contributed by atoms with van der Waals surface area (Å²) in [6.45, 7) is 5.42. The third-order valence-corrected chi connectivity index (χ3v) is 3.79. The first kappa shape index (κ1) is 13.8. The van der Waals surface area contributed by atoms with Crippen LogP contribution < -0.4 is 9.80 Å². The number of hydrogen-bond acceptors (Lipinski definition) is 4. The topological polar surface area (TPSA) is 49.3 Å². The van der Waals surface area contributed by atoms with Crippen LogP contribution in [-0.4, -0.2) is 36.0 Å². The van der Waals surface area contributed by atoms with Crippen molar-refractivity contribution >= 4 is 28.6 Å². The summed E-state index contributed by atoms with van der Waals surface area (Å²) in [5, 5.41) is 0. The fourth-order valence-corrected chi connectivity index (χ4v) is 2.62. The van der Waals surface area contributed by atoms with E-state index in [0.717, 1.165) is 29.8 Å². The largest absolute Gasteiger partial charge is 0.357 e. The smallest absolute Gasteiger partial charge is 0.230 e. The highest BCUT2D eigenvalue weighted by atomic mass is 16.2. The highest BCUT2D eigenvalue weighted by molar-refractivity contribution is 5.97. The van der Waals surface area contributed by atoms with Gasteiger partial charge in [-0.1, -0.05) is 26.0 Å². The number of nitrogens with zero attached hydrogens (tertiary/aromatic N) is 4. The predicted molar refractivity (Wildman–Crippen MR) is 84.6 cm³/mol. The minimum atomic E-state index is -0.0467. The summed E-state index contributed by atoms with van der Waals surface area (Å²) >= 11 is 0. The number of benzene rings is 1. The molecular formula is C16H20N4O. The van der Waals surface area contributed by atoms with Crippen molar-refractivity contribution in [3.63, 3.8) is 0 Å². The zero-order chi connectivity index (χ0) is 15.0. The lowest BCUT2D eigenvalue weighted by molar-refractivity contribution is -0.121. The Bertz CT molecular complexity index is 683. The number of fused-ring (bicyclic) bond motifs is 2. The number of carbonyl (C=O) groups excluding carboxylic acids is 1. The normalized spacial score (nSPS) is 15.2. The molecule has 5 heteroatoms. The molecule has 5 nitrogen and oxygen atoms in total. The van der Waals surface area contributed by atoms with E-state index in [2.05, 4.69) is 4.90 Å². The third-order valence-electron chi connectivity index (χ3n) is 3.79. The van der Waals surface area contributed by atoms with Gasteiger partial charge in [-0.15, -0.1) is 0 Å². The van der Waals surface area contributed by atoms with Crippen LogP contribution in [0.3, 0.4) is 0 Å². The highest BCUT2D eigenvalue weighted by Gasteiger charge is 2.27. The van der Waals surface area contributed by atoms with Gasteiger partial charge in [0.05, 0.1) is 11.0 Å². The molecule has 0 aliphatic carbocycles. The van der Waals surface area contributed by atoms with Crippen LogP contribution in [0.25, 0.3) is 11.0 Å². The Morgan fingerprint density at radius 2 is 1.71 bits per heavy atom. The van der Waals surface area contributed by atoms with Crippen molar-refractivity contribution < 1.29 is 4.79 Å². The maximum absolute atomic E-state index is 12.5. The van der Waals surface area contributed by atoms with Crippen molar-refractivity contribution in [2.24, 2.45) is 5.92 Å². The lowest BCUT2D eigenvalue weighted by Gasteiger charge is -2.24. The fraction of sp³-hybridized carbons (Fsp3) is 0.438. The first-order valence-corrected chi connectivity index (χ1v) is 7.37. The molecule has 0 fully saturated rings. The van der Waals surface area contributed by atoms with E-state index in [1.807, 2.05) is 45.2 Å². The number of carbonyl (C=O) groups is 1. The van der Waals surface area contributed by atoms with Gasteiger partial charge < -0.3 is 4.90 Å².